The highest BCUT2D eigenvalue weighted by Crippen LogP contribution is 2.17. The van der Waals surface area contributed by atoms with Crippen LogP contribution in [0.3, 0.4) is 0 Å². The molecule has 0 aliphatic carbocycles. The zero-order valence-corrected chi connectivity index (χ0v) is 8.45. The molecule has 0 spiro atoms. The fourth-order valence-electron chi connectivity index (χ4n) is 0.793. The monoisotopic (exact) mass is 210 g/mol. The first-order valence-electron chi connectivity index (χ1n) is 3.80. The van der Waals surface area contributed by atoms with E-state index in [9.17, 15) is 4.79 Å². The van der Waals surface area contributed by atoms with Gasteiger partial charge in [0, 0.05) is 5.03 Å². The third kappa shape index (κ3) is 3.98. The summed E-state index contributed by atoms with van der Waals surface area (Å²) in [6.07, 6.45) is 2.27. The molecule has 0 radical (unpaired) electrons. The van der Waals surface area contributed by atoms with E-state index >= 15 is 0 Å². The minimum absolute atomic E-state index is 0.0763. The minimum Gasteiger partial charge on any atom is -0.478 e. The molecule has 0 atom stereocenters. The summed E-state index contributed by atoms with van der Waals surface area (Å²) in [5.41, 5.74) is 0.244. The van der Waals surface area contributed by atoms with Crippen molar-refractivity contribution in [3.05, 3.63) is 10.6 Å². The first kappa shape index (κ1) is 11.8. The molecule has 4 heteroatoms. The molecule has 0 saturated carbocycles. The molecule has 0 aliphatic heterocycles. The predicted octanol–water partition coefficient (Wildman–Crippen LogP) is 2.99. The lowest BCUT2D eigenvalue weighted by Gasteiger charge is -2.02. The van der Waals surface area contributed by atoms with Gasteiger partial charge in [0.1, 0.15) is 0 Å². The number of carbonyl (C=O) groups is 1. The Bertz CT molecular complexity index is 187. The number of allylic oxidation sites excluding steroid dienone is 1. The second kappa shape index (κ2) is 6.32. The Labute approximate surface area is 82.2 Å². The zero-order valence-electron chi connectivity index (χ0n) is 6.94. The Hall–Kier alpha value is -0.210. The van der Waals surface area contributed by atoms with Gasteiger partial charge in [0.2, 0.25) is 0 Å². The quantitative estimate of drug-likeness (QED) is 0.560. The number of rotatable bonds is 5. The standard InChI is InChI=1S/C8H12Cl2O2/c1-2-3-4-6(8(11)12)7(10)5-9/h2-5H2,1H3,(H,11,12). The van der Waals surface area contributed by atoms with E-state index in [4.69, 9.17) is 28.3 Å². The van der Waals surface area contributed by atoms with Crippen LogP contribution in [0.15, 0.2) is 10.6 Å². The molecule has 12 heavy (non-hydrogen) atoms. The number of hydrogen-bond acceptors (Lipinski definition) is 1. The lowest BCUT2D eigenvalue weighted by Crippen LogP contribution is -2.03. The van der Waals surface area contributed by atoms with Crippen LogP contribution in [0.4, 0.5) is 0 Å². The molecule has 0 aromatic carbocycles. The van der Waals surface area contributed by atoms with Gasteiger partial charge in [-0.2, -0.15) is 0 Å². The Kier molecular flexibility index (Phi) is 6.21. The van der Waals surface area contributed by atoms with Crippen LogP contribution in [0.25, 0.3) is 0 Å². The van der Waals surface area contributed by atoms with Crippen molar-refractivity contribution in [3.8, 4) is 0 Å². The van der Waals surface area contributed by atoms with E-state index in [2.05, 4.69) is 0 Å². The first-order valence-corrected chi connectivity index (χ1v) is 4.71. The highest BCUT2D eigenvalue weighted by molar-refractivity contribution is 6.37. The number of halogens is 2. The Balaban J connectivity index is 4.33. The molecule has 2 nitrogen and oxygen atoms in total. The number of alkyl halides is 1. The van der Waals surface area contributed by atoms with Crippen LogP contribution >= 0.6 is 23.2 Å². The molecular weight excluding hydrogens is 199 g/mol. The van der Waals surface area contributed by atoms with Crippen LogP contribution < -0.4 is 0 Å². The summed E-state index contributed by atoms with van der Waals surface area (Å²) in [5.74, 6) is -0.888. The zero-order chi connectivity index (χ0) is 9.56. The van der Waals surface area contributed by atoms with E-state index in [0.29, 0.717) is 6.42 Å². The summed E-state index contributed by atoms with van der Waals surface area (Å²) in [6, 6.07) is 0. The van der Waals surface area contributed by atoms with Gasteiger partial charge in [0.15, 0.2) is 0 Å². The molecule has 0 aliphatic rings. The number of unbranched alkanes of at least 4 members (excludes halogenated alkanes) is 1. The summed E-state index contributed by atoms with van der Waals surface area (Å²) in [5, 5.41) is 8.95. The first-order chi connectivity index (χ1) is 5.63. The molecule has 1 N–H and O–H groups in total. The van der Waals surface area contributed by atoms with Gasteiger partial charge in [-0.25, -0.2) is 4.79 Å². The molecule has 0 amide bonds. The number of carboxylic acid groups (broad SMARTS) is 1. The molecule has 0 unspecified atom stereocenters. The smallest absolute Gasteiger partial charge is 0.332 e. The number of carboxylic acids is 1. The lowest BCUT2D eigenvalue weighted by atomic mass is 10.1. The number of hydrogen-bond donors (Lipinski definition) is 1. The van der Waals surface area contributed by atoms with Crippen molar-refractivity contribution in [1.82, 2.24) is 0 Å². The van der Waals surface area contributed by atoms with Gasteiger partial charge < -0.3 is 5.11 Å². The second-order valence-corrected chi connectivity index (χ2v) is 3.15. The van der Waals surface area contributed by atoms with Gasteiger partial charge in [-0.05, 0) is 12.8 Å². The van der Waals surface area contributed by atoms with Gasteiger partial charge in [-0.1, -0.05) is 24.9 Å². The van der Waals surface area contributed by atoms with Crippen molar-refractivity contribution in [2.45, 2.75) is 26.2 Å². The average Bonchev–Trinajstić information content (AvgIpc) is 2.04. The summed E-state index contributed by atoms with van der Waals surface area (Å²) in [7, 11) is 0. The van der Waals surface area contributed by atoms with Gasteiger partial charge in [0.05, 0.1) is 11.5 Å². The fourth-order valence-corrected chi connectivity index (χ4v) is 1.13. The molecule has 0 heterocycles. The van der Waals surface area contributed by atoms with Gasteiger partial charge >= 0.3 is 5.97 Å². The summed E-state index contributed by atoms with van der Waals surface area (Å²) in [4.78, 5) is 10.6. The van der Waals surface area contributed by atoms with Crippen LogP contribution in [0.2, 0.25) is 0 Å². The third-order valence-electron chi connectivity index (χ3n) is 1.48. The average molecular weight is 211 g/mol. The van der Waals surface area contributed by atoms with Gasteiger partial charge in [0.25, 0.3) is 0 Å². The van der Waals surface area contributed by atoms with E-state index in [-0.39, 0.29) is 16.5 Å². The lowest BCUT2D eigenvalue weighted by molar-refractivity contribution is -0.132. The second-order valence-electron chi connectivity index (χ2n) is 2.43. The van der Waals surface area contributed by atoms with E-state index in [0.717, 1.165) is 12.8 Å². The van der Waals surface area contributed by atoms with E-state index in [1.54, 1.807) is 0 Å². The maximum absolute atomic E-state index is 10.6. The van der Waals surface area contributed by atoms with Gasteiger partial charge in [-0.3, -0.25) is 0 Å². The molecule has 0 fully saturated rings. The normalized spacial score (nSPS) is 12.6. The molecule has 0 saturated heterocycles. The predicted molar refractivity (Wildman–Crippen MR) is 50.8 cm³/mol. The van der Waals surface area contributed by atoms with Crippen molar-refractivity contribution in [1.29, 1.82) is 0 Å². The molecule has 70 valence electrons. The SMILES string of the molecule is CCCCC(C(=O)O)=C(Cl)CCl. The largest absolute Gasteiger partial charge is 0.478 e. The Morgan fingerprint density at radius 2 is 2.08 bits per heavy atom. The topological polar surface area (TPSA) is 37.3 Å². The summed E-state index contributed by atoms with van der Waals surface area (Å²) in [6.45, 7) is 1.99. The van der Waals surface area contributed by atoms with Crippen molar-refractivity contribution >= 4 is 29.2 Å². The van der Waals surface area contributed by atoms with Crippen LogP contribution in [-0.4, -0.2) is 17.0 Å². The third-order valence-corrected chi connectivity index (χ3v) is 2.25. The van der Waals surface area contributed by atoms with Crippen molar-refractivity contribution in [2.75, 3.05) is 5.88 Å². The highest BCUT2D eigenvalue weighted by Gasteiger charge is 2.11. The van der Waals surface area contributed by atoms with Crippen molar-refractivity contribution in [2.24, 2.45) is 0 Å². The van der Waals surface area contributed by atoms with Crippen molar-refractivity contribution in [3.63, 3.8) is 0 Å². The van der Waals surface area contributed by atoms with Crippen LogP contribution in [0.1, 0.15) is 26.2 Å². The Morgan fingerprint density at radius 1 is 1.50 bits per heavy atom. The molecule has 0 aromatic heterocycles. The van der Waals surface area contributed by atoms with Crippen molar-refractivity contribution < 1.29 is 9.90 Å². The van der Waals surface area contributed by atoms with Crippen LogP contribution in [-0.2, 0) is 4.79 Å². The molecule has 0 rings (SSSR count). The van der Waals surface area contributed by atoms with E-state index in [1.165, 1.54) is 0 Å². The molecule has 0 aromatic rings. The maximum atomic E-state index is 10.6. The summed E-state index contributed by atoms with van der Waals surface area (Å²) < 4.78 is 0. The minimum atomic E-state index is -0.964. The maximum Gasteiger partial charge on any atom is 0.332 e. The molecular formula is C8H12Cl2O2. The van der Waals surface area contributed by atoms with E-state index < -0.39 is 5.97 Å². The van der Waals surface area contributed by atoms with Gasteiger partial charge in [-0.15, -0.1) is 11.6 Å². The number of aliphatic carboxylic acids is 1. The van der Waals surface area contributed by atoms with E-state index in [1.807, 2.05) is 6.92 Å². The van der Waals surface area contributed by atoms with Crippen LogP contribution in [0.5, 0.6) is 0 Å². The fraction of sp³-hybridized carbons (Fsp3) is 0.625. The summed E-state index contributed by atoms with van der Waals surface area (Å²) >= 11 is 11.0. The Morgan fingerprint density at radius 3 is 2.42 bits per heavy atom. The highest BCUT2D eigenvalue weighted by atomic mass is 35.5. The molecule has 0 bridgehead atoms. The van der Waals surface area contributed by atoms with Crippen LogP contribution in [0, 0.1) is 0 Å².